The maximum absolute atomic E-state index is 13.0. The van der Waals surface area contributed by atoms with Gasteiger partial charge in [0.2, 0.25) is 5.91 Å². The Morgan fingerprint density at radius 1 is 1.39 bits per heavy atom. The van der Waals surface area contributed by atoms with Crippen molar-refractivity contribution in [2.45, 2.75) is 50.7 Å². The van der Waals surface area contributed by atoms with E-state index >= 15 is 0 Å². The molecule has 3 amide bonds. The number of aromatic nitrogens is 2. The lowest BCUT2D eigenvalue weighted by atomic mass is 10.2. The van der Waals surface area contributed by atoms with Crippen LogP contribution in [0.3, 0.4) is 0 Å². The van der Waals surface area contributed by atoms with Gasteiger partial charge in [-0.05, 0) is 31.2 Å². The van der Waals surface area contributed by atoms with E-state index in [-0.39, 0.29) is 11.3 Å². The van der Waals surface area contributed by atoms with E-state index in [1.807, 2.05) is 6.92 Å². The first-order chi connectivity index (χ1) is 13.5. The number of hydrogen-bond acceptors (Lipinski definition) is 6. The molecule has 3 rings (SSSR count). The standard InChI is InChI=1S/C19H24N4O3S2/c1-3-5-9-20-18(26)21-14(24)11-27-19-22-16-15(17(25)23(19)10-4-2)12-7-6-8-13(12)28-16/h4H,2-3,5-11H2,1H3,(H2,20,21,24,26). The molecule has 0 saturated heterocycles. The number of carbonyl (C=O) groups excluding carboxylic acids is 2. The summed E-state index contributed by atoms with van der Waals surface area (Å²) in [5.41, 5.74) is 1.05. The van der Waals surface area contributed by atoms with Crippen molar-refractivity contribution < 1.29 is 9.59 Å². The fourth-order valence-electron chi connectivity index (χ4n) is 3.17. The number of thioether (sulfide) groups is 1. The quantitative estimate of drug-likeness (QED) is 0.296. The number of urea groups is 1. The van der Waals surface area contributed by atoms with Crippen LogP contribution >= 0.6 is 23.1 Å². The zero-order valence-electron chi connectivity index (χ0n) is 15.9. The Bertz CT molecular complexity index is 964. The summed E-state index contributed by atoms with van der Waals surface area (Å²) in [6.45, 7) is 6.60. The average Bonchev–Trinajstić information content (AvgIpc) is 3.23. The number of carbonyl (C=O) groups is 2. The molecule has 9 heteroatoms. The second-order valence-electron chi connectivity index (χ2n) is 6.58. The van der Waals surface area contributed by atoms with Crippen molar-refractivity contribution in [3.05, 3.63) is 33.4 Å². The molecule has 7 nitrogen and oxygen atoms in total. The molecule has 0 aliphatic heterocycles. The molecule has 2 aromatic heterocycles. The van der Waals surface area contributed by atoms with Crippen LogP contribution in [0.2, 0.25) is 0 Å². The molecular formula is C19H24N4O3S2. The largest absolute Gasteiger partial charge is 0.338 e. The minimum absolute atomic E-state index is 0.00137. The molecule has 0 radical (unpaired) electrons. The summed E-state index contributed by atoms with van der Waals surface area (Å²) in [4.78, 5) is 43.4. The topological polar surface area (TPSA) is 93.1 Å². The zero-order valence-corrected chi connectivity index (χ0v) is 17.5. The van der Waals surface area contributed by atoms with Gasteiger partial charge in [-0.3, -0.25) is 19.5 Å². The van der Waals surface area contributed by atoms with Gasteiger partial charge in [-0.25, -0.2) is 9.78 Å². The number of rotatable bonds is 8. The van der Waals surface area contributed by atoms with Gasteiger partial charge in [0.15, 0.2) is 5.16 Å². The van der Waals surface area contributed by atoms with E-state index in [1.54, 1.807) is 22.0 Å². The highest BCUT2D eigenvalue weighted by Crippen LogP contribution is 2.35. The lowest BCUT2D eigenvalue weighted by Crippen LogP contribution is -2.40. The van der Waals surface area contributed by atoms with Gasteiger partial charge in [0.1, 0.15) is 4.83 Å². The molecule has 28 heavy (non-hydrogen) atoms. The molecule has 0 bridgehead atoms. The third kappa shape index (κ3) is 4.47. The summed E-state index contributed by atoms with van der Waals surface area (Å²) in [5.74, 6) is -0.423. The number of thiophene rings is 1. The molecule has 1 aliphatic carbocycles. The van der Waals surface area contributed by atoms with Crippen molar-refractivity contribution in [3.8, 4) is 0 Å². The van der Waals surface area contributed by atoms with Crippen LogP contribution in [0.5, 0.6) is 0 Å². The molecule has 0 unspecified atom stereocenters. The van der Waals surface area contributed by atoms with Crippen LogP contribution in [-0.2, 0) is 24.2 Å². The van der Waals surface area contributed by atoms with Crippen LogP contribution in [0.15, 0.2) is 22.6 Å². The fourth-order valence-corrected chi connectivity index (χ4v) is 5.29. The molecular weight excluding hydrogens is 396 g/mol. The Kier molecular flexibility index (Phi) is 6.90. The first-order valence-electron chi connectivity index (χ1n) is 9.41. The maximum atomic E-state index is 13.0. The molecule has 150 valence electrons. The van der Waals surface area contributed by atoms with Gasteiger partial charge in [-0.2, -0.15) is 0 Å². The fraction of sp³-hybridized carbons (Fsp3) is 0.474. The highest BCUT2D eigenvalue weighted by molar-refractivity contribution is 7.99. The van der Waals surface area contributed by atoms with E-state index in [2.05, 4.69) is 22.2 Å². The minimum atomic E-state index is -0.499. The van der Waals surface area contributed by atoms with Crippen LogP contribution in [0, 0.1) is 0 Å². The van der Waals surface area contributed by atoms with Crippen molar-refractivity contribution in [2.24, 2.45) is 0 Å². The number of unbranched alkanes of at least 4 members (excludes halogenated alkanes) is 1. The Balaban J connectivity index is 1.74. The number of imide groups is 1. The first kappa shape index (κ1) is 20.6. The van der Waals surface area contributed by atoms with Gasteiger partial charge in [-0.15, -0.1) is 17.9 Å². The molecule has 2 heterocycles. The van der Waals surface area contributed by atoms with Crippen LogP contribution < -0.4 is 16.2 Å². The smallest absolute Gasteiger partial charge is 0.321 e. The number of nitrogens with zero attached hydrogens (tertiary/aromatic N) is 2. The van der Waals surface area contributed by atoms with Crippen molar-refractivity contribution in [1.82, 2.24) is 20.2 Å². The molecule has 2 aromatic rings. The van der Waals surface area contributed by atoms with Crippen molar-refractivity contribution in [3.63, 3.8) is 0 Å². The normalized spacial score (nSPS) is 12.8. The van der Waals surface area contributed by atoms with E-state index in [0.29, 0.717) is 23.6 Å². The first-order valence-corrected chi connectivity index (χ1v) is 11.2. The van der Waals surface area contributed by atoms with Gasteiger partial charge >= 0.3 is 6.03 Å². The van der Waals surface area contributed by atoms with E-state index in [0.717, 1.165) is 54.3 Å². The van der Waals surface area contributed by atoms with E-state index in [1.165, 1.54) is 4.88 Å². The third-order valence-corrected chi connectivity index (χ3v) is 6.66. The monoisotopic (exact) mass is 420 g/mol. The summed E-state index contributed by atoms with van der Waals surface area (Å²) in [6.07, 6.45) is 6.46. The Morgan fingerprint density at radius 3 is 2.96 bits per heavy atom. The zero-order chi connectivity index (χ0) is 20.1. The maximum Gasteiger partial charge on any atom is 0.321 e. The number of fused-ring (bicyclic) bond motifs is 3. The van der Waals surface area contributed by atoms with E-state index in [9.17, 15) is 14.4 Å². The number of allylic oxidation sites excluding steroid dienone is 1. The van der Waals surface area contributed by atoms with Crippen molar-refractivity contribution in [1.29, 1.82) is 0 Å². The Labute approximate surface area is 171 Å². The van der Waals surface area contributed by atoms with Crippen LogP contribution in [0.4, 0.5) is 4.79 Å². The number of nitrogens with one attached hydrogen (secondary N) is 2. The second-order valence-corrected chi connectivity index (χ2v) is 8.61. The molecule has 0 atom stereocenters. The van der Waals surface area contributed by atoms with Gasteiger partial charge in [0, 0.05) is 18.0 Å². The molecule has 0 aromatic carbocycles. The third-order valence-electron chi connectivity index (χ3n) is 4.50. The lowest BCUT2D eigenvalue weighted by Gasteiger charge is -2.10. The summed E-state index contributed by atoms with van der Waals surface area (Å²) >= 11 is 2.72. The molecule has 0 fully saturated rings. The van der Waals surface area contributed by atoms with Crippen molar-refractivity contribution >= 4 is 45.3 Å². The summed E-state index contributed by atoms with van der Waals surface area (Å²) in [6, 6.07) is -0.499. The predicted molar refractivity (Wildman–Crippen MR) is 113 cm³/mol. The molecule has 1 aliphatic rings. The van der Waals surface area contributed by atoms with Crippen LogP contribution in [0.25, 0.3) is 10.2 Å². The second kappa shape index (κ2) is 9.38. The minimum Gasteiger partial charge on any atom is -0.338 e. The predicted octanol–water partition coefficient (Wildman–Crippen LogP) is 2.85. The van der Waals surface area contributed by atoms with E-state index in [4.69, 9.17) is 0 Å². The van der Waals surface area contributed by atoms with Gasteiger partial charge in [0.05, 0.1) is 11.1 Å². The van der Waals surface area contributed by atoms with Gasteiger partial charge in [-0.1, -0.05) is 31.2 Å². The van der Waals surface area contributed by atoms with E-state index < -0.39 is 11.9 Å². The van der Waals surface area contributed by atoms with Crippen LogP contribution in [0.1, 0.15) is 36.6 Å². The Morgan fingerprint density at radius 2 is 2.21 bits per heavy atom. The average molecular weight is 421 g/mol. The van der Waals surface area contributed by atoms with Crippen molar-refractivity contribution in [2.75, 3.05) is 12.3 Å². The summed E-state index contributed by atoms with van der Waals surface area (Å²) < 4.78 is 1.56. The Hall–Kier alpha value is -2.13. The SMILES string of the molecule is C=CCn1c(SCC(=O)NC(=O)NCCCC)nc2sc3c(c2c1=O)CCC3. The number of aryl methyl sites for hydroxylation is 2. The highest BCUT2D eigenvalue weighted by Gasteiger charge is 2.23. The molecule has 0 spiro atoms. The number of amides is 3. The lowest BCUT2D eigenvalue weighted by molar-refractivity contribution is -0.117. The molecule has 2 N–H and O–H groups in total. The van der Waals surface area contributed by atoms with Gasteiger partial charge in [0.25, 0.3) is 5.56 Å². The van der Waals surface area contributed by atoms with Crippen LogP contribution in [-0.4, -0.2) is 33.8 Å². The van der Waals surface area contributed by atoms with Gasteiger partial charge < -0.3 is 5.32 Å². The number of hydrogen-bond donors (Lipinski definition) is 2. The molecule has 0 saturated carbocycles. The summed E-state index contributed by atoms with van der Waals surface area (Å²) in [5, 5.41) is 6.12. The summed E-state index contributed by atoms with van der Waals surface area (Å²) in [7, 11) is 0. The highest BCUT2D eigenvalue weighted by atomic mass is 32.2.